The molecule has 1 amide bonds. The van der Waals surface area contributed by atoms with Crippen molar-refractivity contribution < 1.29 is 19.1 Å². The van der Waals surface area contributed by atoms with Gasteiger partial charge in [0.25, 0.3) is 5.91 Å². The van der Waals surface area contributed by atoms with Crippen molar-refractivity contribution in [3.05, 3.63) is 76.2 Å². The molecule has 0 atom stereocenters. The van der Waals surface area contributed by atoms with E-state index in [1.54, 1.807) is 11.3 Å². The van der Waals surface area contributed by atoms with Crippen LogP contribution in [0.2, 0.25) is 0 Å². The number of para-hydroxylation sites is 1. The summed E-state index contributed by atoms with van der Waals surface area (Å²) in [5, 5.41) is 4.52. The molecule has 5 rings (SSSR count). The van der Waals surface area contributed by atoms with Crippen LogP contribution >= 0.6 is 11.3 Å². The van der Waals surface area contributed by atoms with Crippen molar-refractivity contribution in [2.24, 2.45) is 0 Å². The third-order valence-electron chi connectivity index (χ3n) is 8.30. The number of amides is 1. The molecule has 7 heteroatoms. The van der Waals surface area contributed by atoms with Crippen LogP contribution in [-0.2, 0) is 17.6 Å². The molecule has 1 N–H and O–H groups in total. The van der Waals surface area contributed by atoms with Crippen molar-refractivity contribution in [1.29, 1.82) is 0 Å². The van der Waals surface area contributed by atoms with Gasteiger partial charge in [0.15, 0.2) is 0 Å². The standard InChI is InChI=1S/C38H46N2O4S/c1-4-5-23-43-28-18-16-17-27(24-28)33-25-31(29-19-14-15-21-32(29)39-33)36(41)40-37-35(38(42)44-26(2)3)30-20-12-10-8-6-7-9-11-13-22-34(30)45-37/h14-19,21,24-26H,4-13,20,22-23H2,1-3H3,(H,40,41). The molecule has 4 aromatic rings. The number of pyridine rings is 1. The number of hydrogen-bond donors (Lipinski definition) is 1. The number of benzene rings is 2. The minimum absolute atomic E-state index is 0.253. The predicted octanol–water partition coefficient (Wildman–Crippen LogP) is 10.2. The van der Waals surface area contributed by atoms with Crippen molar-refractivity contribution in [1.82, 2.24) is 4.98 Å². The van der Waals surface area contributed by atoms with E-state index in [2.05, 4.69) is 12.2 Å². The van der Waals surface area contributed by atoms with E-state index in [0.29, 0.717) is 28.4 Å². The van der Waals surface area contributed by atoms with Crippen LogP contribution in [0.3, 0.4) is 0 Å². The Balaban J connectivity index is 1.52. The third-order valence-corrected chi connectivity index (χ3v) is 9.51. The number of fused-ring (bicyclic) bond motifs is 2. The van der Waals surface area contributed by atoms with Gasteiger partial charge in [-0.15, -0.1) is 11.3 Å². The highest BCUT2D eigenvalue weighted by atomic mass is 32.1. The number of aromatic nitrogens is 1. The van der Waals surface area contributed by atoms with Gasteiger partial charge >= 0.3 is 5.97 Å². The first-order valence-corrected chi connectivity index (χ1v) is 17.6. The van der Waals surface area contributed by atoms with E-state index >= 15 is 0 Å². The fourth-order valence-corrected chi connectivity index (χ4v) is 7.24. The number of aryl methyl sites for hydroxylation is 1. The lowest BCUT2D eigenvalue weighted by molar-refractivity contribution is 0.0378. The van der Waals surface area contributed by atoms with E-state index in [-0.39, 0.29) is 18.0 Å². The van der Waals surface area contributed by atoms with Gasteiger partial charge in [-0.1, -0.05) is 82.2 Å². The molecule has 2 heterocycles. The van der Waals surface area contributed by atoms with Gasteiger partial charge in [-0.2, -0.15) is 0 Å². The zero-order valence-electron chi connectivity index (χ0n) is 27.0. The molecule has 2 aromatic carbocycles. The van der Waals surface area contributed by atoms with Gasteiger partial charge in [0, 0.05) is 15.8 Å². The second-order valence-electron chi connectivity index (χ2n) is 12.2. The Kier molecular flexibility index (Phi) is 11.6. The minimum Gasteiger partial charge on any atom is -0.494 e. The molecule has 1 aliphatic rings. The first kappa shape index (κ1) is 32.7. The second kappa shape index (κ2) is 16.0. The van der Waals surface area contributed by atoms with Gasteiger partial charge in [0.05, 0.1) is 35.0 Å². The molecule has 0 fully saturated rings. The first-order chi connectivity index (χ1) is 21.9. The number of ether oxygens (including phenoxy) is 2. The Labute approximate surface area is 271 Å². The molecule has 0 unspecified atom stereocenters. The topological polar surface area (TPSA) is 77.5 Å². The van der Waals surface area contributed by atoms with Gasteiger partial charge in [-0.25, -0.2) is 9.78 Å². The molecule has 0 radical (unpaired) electrons. The van der Waals surface area contributed by atoms with Crippen LogP contribution in [-0.4, -0.2) is 29.6 Å². The highest BCUT2D eigenvalue weighted by molar-refractivity contribution is 7.17. The number of carbonyl (C=O) groups is 2. The van der Waals surface area contributed by atoms with Crippen LogP contribution < -0.4 is 10.1 Å². The maximum absolute atomic E-state index is 14.2. The van der Waals surface area contributed by atoms with Crippen LogP contribution in [0.5, 0.6) is 5.75 Å². The molecule has 2 aromatic heterocycles. The van der Waals surface area contributed by atoms with Crippen molar-refractivity contribution >= 4 is 39.1 Å². The lowest BCUT2D eigenvalue weighted by atomic mass is 9.97. The van der Waals surface area contributed by atoms with Gasteiger partial charge in [0.2, 0.25) is 0 Å². The Hall–Kier alpha value is -3.71. The molecule has 238 valence electrons. The summed E-state index contributed by atoms with van der Waals surface area (Å²) in [7, 11) is 0. The summed E-state index contributed by atoms with van der Waals surface area (Å²) < 4.78 is 11.7. The van der Waals surface area contributed by atoms with E-state index in [1.165, 1.54) is 37.0 Å². The minimum atomic E-state index is -0.356. The predicted molar refractivity (Wildman–Crippen MR) is 185 cm³/mol. The average molecular weight is 627 g/mol. The molecule has 0 saturated carbocycles. The maximum Gasteiger partial charge on any atom is 0.341 e. The zero-order valence-corrected chi connectivity index (χ0v) is 27.8. The lowest BCUT2D eigenvalue weighted by Gasteiger charge is -2.14. The summed E-state index contributed by atoms with van der Waals surface area (Å²) in [5.74, 6) is 0.162. The molecule has 0 aliphatic heterocycles. The molecular weight excluding hydrogens is 580 g/mol. The normalized spacial score (nSPS) is 14.3. The third kappa shape index (κ3) is 8.51. The van der Waals surface area contributed by atoms with Gasteiger partial charge in [0.1, 0.15) is 10.8 Å². The van der Waals surface area contributed by atoms with E-state index in [0.717, 1.165) is 72.7 Å². The largest absolute Gasteiger partial charge is 0.494 e. The fourth-order valence-electron chi connectivity index (χ4n) is 5.96. The van der Waals surface area contributed by atoms with E-state index in [1.807, 2.05) is 68.4 Å². The first-order valence-electron chi connectivity index (χ1n) is 16.7. The number of nitrogens with zero attached hydrogens (tertiary/aromatic N) is 1. The number of anilines is 1. The average Bonchev–Trinajstić information content (AvgIpc) is 3.36. The van der Waals surface area contributed by atoms with Crippen molar-refractivity contribution in [2.75, 3.05) is 11.9 Å². The highest BCUT2D eigenvalue weighted by Gasteiger charge is 2.27. The SMILES string of the molecule is CCCCOc1cccc(-c2cc(C(=O)Nc3sc4c(c3C(=O)OC(C)C)CCCCCCCCCC4)c3ccccc3n2)c1. The van der Waals surface area contributed by atoms with Crippen molar-refractivity contribution in [2.45, 2.75) is 104 Å². The number of thiophene rings is 1. The van der Waals surface area contributed by atoms with Gasteiger partial charge < -0.3 is 14.8 Å². The summed E-state index contributed by atoms with van der Waals surface area (Å²) in [5.41, 5.74) is 4.40. The summed E-state index contributed by atoms with van der Waals surface area (Å²) in [6.45, 7) is 6.53. The highest BCUT2D eigenvalue weighted by Crippen LogP contribution is 2.38. The van der Waals surface area contributed by atoms with Crippen LogP contribution in [0.15, 0.2) is 54.6 Å². The fraction of sp³-hybridized carbons (Fsp3) is 0.447. The molecule has 0 bridgehead atoms. The molecule has 45 heavy (non-hydrogen) atoms. The number of esters is 1. The Morgan fingerprint density at radius 1 is 0.911 bits per heavy atom. The van der Waals surface area contributed by atoms with Gasteiger partial charge in [-0.3, -0.25) is 4.79 Å². The van der Waals surface area contributed by atoms with Crippen LogP contribution in [0.4, 0.5) is 5.00 Å². The lowest BCUT2D eigenvalue weighted by Crippen LogP contribution is -2.18. The maximum atomic E-state index is 14.2. The monoisotopic (exact) mass is 626 g/mol. The van der Waals surface area contributed by atoms with E-state index < -0.39 is 0 Å². The number of nitrogens with one attached hydrogen (secondary N) is 1. The zero-order chi connectivity index (χ0) is 31.6. The summed E-state index contributed by atoms with van der Waals surface area (Å²) in [6, 6.07) is 17.4. The summed E-state index contributed by atoms with van der Waals surface area (Å²) in [4.78, 5) is 33.9. The van der Waals surface area contributed by atoms with Crippen LogP contribution in [0, 0.1) is 0 Å². The van der Waals surface area contributed by atoms with Crippen molar-refractivity contribution in [3.63, 3.8) is 0 Å². The number of rotatable bonds is 9. The van der Waals surface area contributed by atoms with E-state index in [9.17, 15) is 9.59 Å². The Morgan fingerprint density at radius 2 is 1.64 bits per heavy atom. The number of hydrogen-bond acceptors (Lipinski definition) is 6. The summed E-state index contributed by atoms with van der Waals surface area (Å²) in [6.07, 6.45) is 13.0. The number of carbonyl (C=O) groups excluding carboxylic acids is 2. The summed E-state index contributed by atoms with van der Waals surface area (Å²) >= 11 is 1.54. The molecule has 0 saturated heterocycles. The van der Waals surface area contributed by atoms with Crippen LogP contribution in [0.1, 0.15) is 116 Å². The molecular formula is C38H46N2O4S. The van der Waals surface area contributed by atoms with E-state index in [4.69, 9.17) is 14.5 Å². The Bertz CT molecular complexity index is 1610. The van der Waals surface area contributed by atoms with Crippen LogP contribution in [0.25, 0.3) is 22.2 Å². The quantitative estimate of drug-likeness (QED) is 0.148. The smallest absolute Gasteiger partial charge is 0.341 e. The second-order valence-corrected chi connectivity index (χ2v) is 13.4. The number of unbranched alkanes of at least 4 members (excludes halogenated alkanes) is 1. The van der Waals surface area contributed by atoms with Gasteiger partial charge in [-0.05, 0) is 75.8 Å². The molecule has 0 spiro atoms. The Morgan fingerprint density at radius 3 is 2.40 bits per heavy atom. The van der Waals surface area contributed by atoms with Crippen molar-refractivity contribution in [3.8, 4) is 17.0 Å². The molecule has 6 nitrogen and oxygen atoms in total. The molecule has 1 aliphatic carbocycles.